The average molecular weight is 331 g/mol. The van der Waals surface area contributed by atoms with Crippen LogP contribution in [0.1, 0.15) is 12.5 Å². The van der Waals surface area contributed by atoms with Gasteiger partial charge in [-0.25, -0.2) is 13.1 Å². The van der Waals surface area contributed by atoms with E-state index in [1.165, 1.54) is 12.1 Å². The maximum atomic E-state index is 12.3. The van der Waals surface area contributed by atoms with Crippen molar-refractivity contribution in [3.05, 3.63) is 28.8 Å². The second-order valence-corrected chi connectivity index (χ2v) is 6.98. The molecule has 7 heteroatoms. The van der Waals surface area contributed by atoms with E-state index in [0.717, 1.165) is 0 Å². The highest BCUT2D eigenvalue weighted by molar-refractivity contribution is 7.89. The first-order valence-corrected chi connectivity index (χ1v) is 8.18. The number of sulfonamides is 1. The summed E-state index contributed by atoms with van der Waals surface area (Å²) in [5.74, 6) is 5.15. The Morgan fingerprint density at radius 2 is 2.10 bits per heavy atom. The quantitative estimate of drug-likeness (QED) is 0.787. The van der Waals surface area contributed by atoms with Crippen molar-refractivity contribution >= 4 is 21.6 Å². The maximum Gasteiger partial charge on any atom is 0.242 e. The zero-order valence-corrected chi connectivity index (χ0v) is 13.8. The van der Waals surface area contributed by atoms with Gasteiger partial charge in [0.25, 0.3) is 0 Å². The largest absolute Gasteiger partial charge is 0.384 e. The van der Waals surface area contributed by atoms with E-state index in [9.17, 15) is 8.42 Å². The minimum atomic E-state index is -3.68. The molecule has 0 saturated heterocycles. The molecule has 1 atom stereocenters. The highest BCUT2D eigenvalue weighted by atomic mass is 35.5. The zero-order chi connectivity index (χ0) is 16.0. The van der Waals surface area contributed by atoms with Gasteiger partial charge in [-0.1, -0.05) is 23.4 Å². The molecule has 0 saturated carbocycles. The van der Waals surface area contributed by atoms with E-state index in [1.807, 2.05) is 19.0 Å². The fourth-order valence-corrected chi connectivity index (χ4v) is 3.63. The third kappa shape index (κ3) is 5.65. The minimum absolute atomic E-state index is 0.0179. The van der Waals surface area contributed by atoms with Crippen molar-refractivity contribution in [2.24, 2.45) is 0 Å². The first-order valence-electron chi connectivity index (χ1n) is 6.32. The van der Waals surface area contributed by atoms with Gasteiger partial charge in [-0.15, -0.1) is 0 Å². The fourth-order valence-electron chi connectivity index (χ4n) is 1.85. The number of hydrogen-bond donors (Lipinski definition) is 2. The number of nitrogens with one attached hydrogen (secondary N) is 1. The Hall–Kier alpha value is -1.10. The van der Waals surface area contributed by atoms with Crippen molar-refractivity contribution in [1.29, 1.82) is 0 Å². The molecule has 0 aliphatic carbocycles. The predicted octanol–water partition coefficient (Wildman–Crippen LogP) is 0.912. The molecule has 1 rings (SSSR count). The Kier molecular flexibility index (Phi) is 6.65. The Morgan fingerprint density at radius 1 is 1.43 bits per heavy atom. The van der Waals surface area contributed by atoms with Crippen molar-refractivity contribution in [2.45, 2.75) is 17.9 Å². The van der Waals surface area contributed by atoms with Crippen molar-refractivity contribution in [3.63, 3.8) is 0 Å². The average Bonchev–Trinajstić information content (AvgIpc) is 2.34. The summed E-state index contributed by atoms with van der Waals surface area (Å²) in [4.78, 5) is 1.91. The molecule has 0 aromatic heterocycles. The molecule has 0 aliphatic rings. The van der Waals surface area contributed by atoms with Crippen LogP contribution in [0.15, 0.2) is 23.1 Å². The molecule has 116 valence electrons. The van der Waals surface area contributed by atoms with E-state index in [2.05, 4.69) is 16.6 Å². The SMILES string of the molecule is CC(CN(C)C)NS(=O)(=O)c1ccc(C#CCO)cc1Cl. The number of halogens is 1. The molecule has 0 radical (unpaired) electrons. The van der Waals surface area contributed by atoms with E-state index in [-0.39, 0.29) is 22.6 Å². The van der Waals surface area contributed by atoms with Gasteiger partial charge in [0, 0.05) is 18.2 Å². The highest BCUT2D eigenvalue weighted by Gasteiger charge is 2.20. The Balaban J connectivity index is 2.98. The van der Waals surface area contributed by atoms with Crippen molar-refractivity contribution < 1.29 is 13.5 Å². The lowest BCUT2D eigenvalue weighted by atomic mass is 10.2. The lowest BCUT2D eigenvalue weighted by molar-refractivity contribution is 0.350. The molecule has 0 bridgehead atoms. The third-order valence-corrected chi connectivity index (χ3v) is 4.60. The summed E-state index contributed by atoms with van der Waals surface area (Å²) in [5, 5.41) is 8.74. The number of aliphatic hydroxyl groups excluding tert-OH is 1. The van der Waals surface area contributed by atoms with Gasteiger partial charge in [0.2, 0.25) is 10.0 Å². The smallest absolute Gasteiger partial charge is 0.242 e. The van der Waals surface area contributed by atoms with Crippen LogP contribution in [0, 0.1) is 11.8 Å². The van der Waals surface area contributed by atoms with Crippen molar-refractivity contribution in [2.75, 3.05) is 27.2 Å². The van der Waals surface area contributed by atoms with Crippen LogP contribution in [0.3, 0.4) is 0 Å². The molecule has 21 heavy (non-hydrogen) atoms. The van der Waals surface area contributed by atoms with Crippen LogP contribution < -0.4 is 4.72 Å². The predicted molar refractivity (Wildman–Crippen MR) is 83.8 cm³/mol. The monoisotopic (exact) mass is 330 g/mol. The fraction of sp³-hybridized carbons (Fsp3) is 0.429. The Bertz CT molecular complexity index is 648. The van der Waals surface area contributed by atoms with Crippen LogP contribution in [-0.2, 0) is 10.0 Å². The normalized spacial score (nSPS) is 12.9. The van der Waals surface area contributed by atoms with Gasteiger partial charge < -0.3 is 10.0 Å². The zero-order valence-electron chi connectivity index (χ0n) is 12.2. The van der Waals surface area contributed by atoms with Crippen LogP contribution in [0.25, 0.3) is 0 Å². The van der Waals surface area contributed by atoms with E-state index >= 15 is 0 Å². The summed E-state index contributed by atoms with van der Waals surface area (Å²) < 4.78 is 27.1. The molecule has 1 unspecified atom stereocenters. The molecule has 5 nitrogen and oxygen atoms in total. The van der Waals surface area contributed by atoms with Gasteiger partial charge in [-0.2, -0.15) is 0 Å². The van der Waals surface area contributed by atoms with Gasteiger partial charge >= 0.3 is 0 Å². The molecule has 0 amide bonds. The van der Waals surface area contributed by atoms with E-state index < -0.39 is 10.0 Å². The van der Waals surface area contributed by atoms with Gasteiger partial charge in [0.15, 0.2) is 0 Å². The second kappa shape index (κ2) is 7.78. The van der Waals surface area contributed by atoms with Gasteiger partial charge in [0.1, 0.15) is 11.5 Å². The molecule has 0 fully saturated rings. The standard InChI is InChI=1S/C14H19ClN2O3S/c1-11(10-17(2)3)16-21(19,20)14-7-6-12(5-4-8-18)9-13(14)15/h6-7,9,11,16,18H,8,10H2,1-3H3. The number of hydrogen-bond acceptors (Lipinski definition) is 4. The lowest BCUT2D eigenvalue weighted by Gasteiger charge is -2.18. The van der Waals surface area contributed by atoms with Crippen LogP contribution in [0.5, 0.6) is 0 Å². The van der Waals surface area contributed by atoms with E-state index in [0.29, 0.717) is 12.1 Å². The first kappa shape index (κ1) is 18.0. The molecular formula is C14H19ClN2O3S. The van der Waals surface area contributed by atoms with Crippen LogP contribution >= 0.6 is 11.6 Å². The molecular weight excluding hydrogens is 312 g/mol. The number of benzene rings is 1. The molecule has 1 aromatic rings. The highest BCUT2D eigenvalue weighted by Crippen LogP contribution is 2.22. The summed E-state index contributed by atoms with van der Waals surface area (Å²) in [5.41, 5.74) is 0.550. The van der Waals surface area contributed by atoms with Crippen LogP contribution in [-0.4, -0.2) is 51.7 Å². The second-order valence-electron chi connectivity index (χ2n) is 4.89. The number of likely N-dealkylation sites (N-methyl/N-ethyl adjacent to an activating group) is 1. The van der Waals surface area contributed by atoms with Gasteiger partial charge in [-0.05, 0) is 39.2 Å². The topological polar surface area (TPSA) is 69.6 Å². The molecule has 0 heterocycles. The number of rotatable bonds is 5. The molecule has 0 spiro atoms. The third-order valence-electron chi connectivity index (χ3n) is 2.53. The summed E-state index contributed by atoms with van der Waals surface area (Å²) in [6.07, 6.45) is 0. The molecule has 2 N–H and O–H groups in total. The summed E-state index contributed by atoms with van der Waals surface area (Å²) in [6.45, 7) is 2.10. The van der Waals surface area contributed by atoms with Crippen molar-refractivity contribution in [1.82, 2.24) is 9.62 Å². The maximum absolute atomic E-state index is 12.3. The van der Waals surface area contributed by atoms with Crippen LogP contribution in [0.2, 0.25) is 5.02 Å². The summed E-state index contributed by atoms with van der Waals surface area (Å²) in [6, 6.07) is 4.19. The van der Waals surface area contributed by atoms with Crippen molar-refractivity contribution in [3.8, 4) is 11.8 Å². The van der Waals surface area contributed by atoms with Gasteiger partial charge in [0.05, 0.1) is 5.02 Å². The molecule has 1 aromatic carbocycles. The molecule has 0 aliphatic heterocycles. The van der Waals surface area contributed by atoms with E-state index in [1.54, 1.807) is 13.0 Å². The minimum Gasteiger partial charge on any atom is -0.384 e. The lowest BCUT2D eigenvalue weighted by Crippen LogP contribution is -2.39. The number of aliphatic hydroxyl groups is 1. The van der Waals surface area contributed by atoms with Crippen LogP contribution in [0.4, 0.5) is 0 Å². The Labute approximate surface area is 131 Å². The Morgan fingerprint density at radius 3 is 2.62 bits per heavy atom. The summed E-state index contributed by atoms with van der Waals surface area (Å²) in [7, 11) is 0.0557. The summed E-state index contributed by atoms with van der Waals surface area (Å²) >= 11 is 6.02. The van der Waals surface area contributed by atoms with Gasteiger partial charge in [-0.3, -0.25) is 0 Å². The first-order chi connectivity index (χ1) is 9.76. The number of nitrogens with zero attached hydrogens (tertiary/aromatic N) is 1. The van der Waals surface area contributed by atoms with E-state index in [4.69, 9.17) is 16.7 Å².